The van der Waals surface area contributed by atoms with Gasteiger partial charge in [0.05, 0.1) is 51.0 Å². The second-order valence-corrected chi connectivity index (χ2v) is 12.8. The number of hydrogen-bond donors (Lipinski definition) is 2. The smallest absolute Gasteiger partial charge is 0.242 e. The Morgan fingerprint density at radius 2 is 1.09 bits per heavy atom. The maximum Gasteiger partial charge on any atom is 0.242 e. The van der Waals surface area contributed by atoms with Crippen LogP contribution >= 0.6 is 0 Å². The average Bonchev–Trinajstić information content (AvgIpc) is 2.90. The van der Waals surface area contributed by atoms with Crippen molar-refractivity contribution in [2.75, 3.05) is 67.3 Å². The molecule has 0 aliphatic carbocycles. The average molecular weight is 616 g/mol. The molecule has 3 N–H and O–H groups in total. The highest BCUT2D eigenvalue weighted by Crippen LogP contribution is 2.36. The van der Waals surface area contributed by atoms with Gasteiger partial charge in [0.15, 0.2) is 0 Å². The molecule has 0 bridgehead atoms. The van der Waals surface area contributed by atoms with Gasteiger partial charge in [0.25, 0.3) is 0 Å². The van der Waals surface area contributed by atoms with Crippen molar-refractivity contribution in [2.45, 2.75) is 96.6 Å². The first-order valence-corrected chi connectivity index (χ1v) is 14.8. The molecule has 0 aromatic heterocycles. The van der Waals surface area contributed by atoms with Crippen LogP contribution in [0.25, 0.3) is 0 Å². The van der Waals surface area contributed by atoms with Gasteiger partial charge in [-0.05, 0) is 61.3 Å². The Hall–Kier alpha value is -2.36. The second-order valence-electron chi connectivity index (χ2n) is 12.8. The number of hydroxylamine groups is 2. The maximum atomic E-state index is 13.8. The number of nitrogens with two attached hydrogens (primary N) is 1. The van der Waals surface area contributed by atoms with Crippen LogP contribution in [0.4, 0.5) is 0 Å². The lowest BCUT2D eigenvalue weighted by Crippen LogP contribution is -2.62. The second kappa shape index (κ2) is 17.2. The number of carbonyl (C=O) groups excluding carboxylic acids is 4. The van der Waals surface area contributed by atoms with Gasteiger partial charge < -0.3 is 40.0 Å². The lowest BCUT2D eigenvalue weighted by Gasteiger charge is -2.50. The molecule has 0 unspecified atom stereocenters. The van der Waals surface area contributed by atoms with Gasteiger partial charge in [0.2, 0.25) is 23.6 Å². The van der Waals surface area contributed by atoms with Gasteiger partial charge in [-0.2, -0.15) is 0 Å². The lowest BCUT2D eigenvalue weighted by molar-refractivity contribution is -0.290. The molecule has 0 saturated carbocycles. The van der Waals surface area contributed by atoms with Gasteiger partial charge in [0.1, 0.15) is 13.1 Å². The van der Waals surface area contributed by atoms with Crippen molar-refractivity contribution in [3.05, 3.63) is 0 Å². The molecule has 3 atom stereocenters. The van der Waals surface area contributed by atoms with E-state index in [1.165, 1.54) is 36.0 Å². The molecular formula is C29H55N6O8. The summed E-state index contributed by atoms with van der Waals surface area (Å²) in [7, 11) is 4.49. The summed E-state index contributed by atoms with van der Waals surface area (Å²) in [5, 5.41) is 17.2. The molecule has 1 radical (unpaired) electrons. The van der Waals surface area contributed by atoms with E-state index in [4.69, 9.17) is 19.9 Å². The van der Waals surface area contributed by atoms with Crippen LogP contribution in [0.3, 0.4) is 0 Å². The molecule has 1 saturated heterocycles. The van der Waals surface area contributed by atoms with Crippen LogP contribution < -0.4 is 11.1 Å². The monoisotopic (exact) mass is 615 g/mol. The molecule has 249 valence electrons. The standard InChI is InChI=1S/C29H55N6O8/c1-20(17-41-8)32(14-24(30)36)26(38)16-34(22(3)19-43-10)27(39)15-33(21(2)18-42-9)25(37)13-31-23-11-28(4,5)35(40)29(6,7)12-23/h20-23,31H,11-19H2,1-10H3,(H2,30,36)/t20-,21-,22-/m0/s1. The molecule has 14 nitrogen and oxygen atoms in total. The van der Waals surface area contributed by atoms with Crippen molar-refractivity contribution in [1.29, 1.82) is 0 Å². The summed E-state index contributed by atoms with van der Waals surface area (Å²) in [6.07, 6.45) is 1.13. The van der Waals surface area contributed by atoms with Crippen LogP contribution in [0.2, 0.25) is 0 Å². The Morgan fingerprint density at radius 1 is 0.744 bits per heavy atom. The molecule has 1 fully saturated rings. The first kappa shape index (κ1) is 38.7. The Bertz CT molecular complexity index is 915. The van der Waals surface area contributed by atoms with E-state index in [0.29, 0.717) is 12.8 Å². The van der Waals surface area contributed by atoms with E-state index in [2.05, 4.69) is 5.32 Å². The van der Waals surface area contributed by atoms with Crippen LogP contribution in [0.1, 0.15) is 61.3 Å². The van der Waals surface area contributed by atoms with E-state index in [1.54, 1.807) is 20.8 Å². The molecule has 0 aromatic carbocycles. The van der Waals surface area contributed by atoms with E-state index < -0.39 is 46.9 Å². The number of nitrogens with one attached hydrogen (secondary N) is 1. The Morgan fingerprint density at radius 3 is 1.44 bits per heavy atom. The molecule has 1 rings (SSSR count). The lowest BCUT2D eigenvalue weighted by atomic mass is 9.79. The fourth-order valence-electron chi connectivity index (χ4n) is 5.84. The molecule has 0 spiro atoms. The third-order valence-corrected chi connectivity index (χ3v) is 7.85. The van der Waals surface area contributed by atoms with E-state index in [0.717, 1.165) is 5.06 Å². The molecule has 0 aromatic rings. The number of amides is 4. The molecule has 14 heteroatoms. The van der Waals surface area contributed by atoms with Gasteiger partial charge >= 0.3 is 0 Å². The fourth-order valence-corrected chi connectivity index (χ4v) is 5.84. The molecule has 4 amide bonds. The van der Waals surface area contributed by atoms with Gasteiger partial charge in [-0.25, -0.2) is 0 Å². The first-order chi connectivity index (χ1) is 19.9. The number of methoxy groups -OCH3 is 3. The van der Waals surface area contributed by atoms with Crippen LogP contribution in [0.15, 0.2) is 0 Å². The third-order valence-electron chi connectivity index (χ3n) is 7.85. The molecule has 1 heterocycles. The largest absolute Gasteiger partial charge is 0.383 e. The first-order valence-electron chi connectivity index (χ1n) is 14.8. The summed E-state index contributed by atoms with van der Waals surface area (Å²) in [5.74, 6) is -1.95. The summed E-state index contributed by atoms with van der Waals surface area (Å²) in [4.78, 5) is 56.5. The number of ether oxygens (including phenoxy) is 3. The Labute approximate surface area is 257 Å². The van der Waals surface area contributed by atoms with E-state index in [-0.39, 0.29) is 57.9 Å². The van der Waals surface area contributed by atoms with Crippen LogP contribution in [-0.2, 0) is 38.6 Å². The van der Waals surface area contributed by atoms with Gasteiger partial charge in [-0.15, -0.1) is 10.3 Å². The topological polar surface area (TPSA) is 167 Å². The predicted molar refractivity (Wildman–Crippen MR) is 160 cm³/mol. The number of rotatable bonds is 18. The number of carbonyl (C=O) groups is 4. The Balaban J connectivity index is 3.16. The Kier molecular flexibility index (Phi) is 15.5. The third kappa shape index (κ3) is 11.6. The van der Waals surface area contributed by atoms with Crippen LogP contribution in [-0.4, -0.2) is 146 Å². The van der Waals surface area contributed by atoms with Crippen molar-refractivity contribution in [3.63, 3.8) is 0 Å². The van der Waals surface area contributed by atoms with Crippen molar-refractivity contribution < 1.29 is 38.6 Å². The minimum atomic E-state index is -0.690. The maximum absolute atomic E-state index is 13.8. The summed E-state index contributed by atoms with van der Waals surface area (Å²) in [6.45, 7) is 12.3. The number of nitrogens with zero attached hydrogens (tertiary/aromatic N) is 4. The summed E-state index contributed by atoms with van der Waals surface area (Å²) < 4.78 is 15.7. The highest BCUT2D eigenvalue weighted by Gasteiger charge is 2.46. The van der Waals surface area contributed by atoms with Crippen LogP contribution in [0, 0.1) is 0 Å². The number of primary amides is 1. The minimum Gasteiger partial charge on any atom is -0.383 e. The normalized spacial score (nSPS) is 18.9. The number of hydrogen-bond acceptors (Lipinski definition) is 9. The van der Waals surface area contributed by atoms with Gasteiger partial charge in [-0.3, -0.25) is 19.2 Å². The zero-order valence-corrected chi connectivity index (χ0v) is 27.8. The zero-order valence-electron chi connectivity index (χ0n) is 27.8. The van der Waals surface area contributed by atoms with Crippen molar-refractivity contribution in [3.8, 4) is 0 Å². The van der Waals surface area contributed by atoms with E-state index in [1.807, 2.05) is 27.7 Å². The molecular weight excluding hydrogens is 560 g/mol. The summed E-state index contributed by atoms with van der Waals surface area (Å²) in [5.41, 5.74) is 4.18. The van der Waals surface area contributed by atoms with E-state index in [9.17, 15) is 24.4 Å². The quantitative estimate of drug-likeness (QED) is 0.216. The fraction of sp³-hybridized carbons (Fsp3) is 0.862. The van der Waals surface area contributed by atoms with Crippen molar-refractivity contribution in [1.82, 2.24) is 25.1 Å². The molecule has 1 aliphatic rings. The number of piperidine rings is 1. The van der Waals surface area contributed by atoms with Gasteiger partial charge in [-0.1, -0.05) is 0 Å². The predicted octanol–water partition coefficient (Wildman–Crippen LogP) is 0.0189. The highest BCUT2D eigenvalue weighted by atomic mass is 16.5. The van der Waals surface area contributed by atoms with Crippen molar-refractivity contribution >= 4 is 23.6 Å². The summed E-state index contributed by atoms with van der Waals surface area (Å²) in [6, 6.07) is -1.49. The molecule has 1 aliphatic heterocycles. The minimum absolute atomic E-state index is 0.0372. The van der Waals surface area contributed by atoms with Gasteiger partial charge in [0, 0.05) is 38.4 Å². The van der Waals surface area contributed by atoms with Crippen molar-refractivity contribution in [2.24, 2.45) is 5.73 Å². The summed E-state index contributed by atoms with van der Waals surface area (Å²) >= 11 is 0. The van der Waals surface area contributed by atoms with E-state index >= 15 is 0 Å². The zero-order chi connectivity index (χ0) is 33.1. The van der Waals surface area contributed by atoms with Crippen LogP contribution in [0.5, 0.6) is 0 Å². The highest BCUT2D eigenvalue weighted by molar-refractivity contribution is 5.90. The molecule has 43 heavy (non-hydrogen) atoms. The SMILES string of the molecule is COC[C@H](C)N(CC(N)=O)C(=O)CN(C(=O)CN(C(=O)CNC1CC(C)(C)N([O])C(C)(C)C1)[C@@H](C)COC)[C@@H](C)COC.